The van der Waals surface area contributed by atoms with Crippen molar-refractivity contribution in [2.45, 2.75) is 56.0 Å². The van der Waals surface area contributed by atoms with Crippen molar-refractivity contribution in [2.75, 3.05) is 0 Å². The second-order valence-electron chi connectivity index (χ2n) is 5.90. The highest BCUT2D eigenvalue weighted by Crippen LogP contribution is 2.39. The lowest BCUT2D eigenvalue weighted by Crippen LogP contribution is -2.03. The van der Waals surface area contributed by atoms with Crippen molar-refractivity contribution >= 4 is 23.1 Å². The molecule has 0 aliphatic heterocycles. The Hall–Kier alpha value is -1.67. The van der Waals surface area contributed by atoms with Crippen LogP contribution in [0.2, 0.25) is 0 Å². The van der Waals surface area contributed by atoms with E-state index in [4.69, 9.17) is 4.52 Å². The molecule has 1 fully saturated rings. The summed E-state index contributed by atoms with van der Waals surface area (Å²) in [6.45, 7) is 2.10. The molecule has 24 heavy (non-hydrogen) atoms. The average molecular weight is 361 g/mol. The molecule has 0 spiro atoms. The van der Waals surface area contributed by atoms with Crippen LogP contribution in [0.5, 0.6) is 0 Å². The predicted octanol–water partition coefficient (Wildman–Crippen LogP) is 3.89. The van der Waals surface area contributed by atoms with Gasteiger partial charge in [0.2, 0.25) is 5.89 Å². The highest BCUT2D eigenvalue weighted by Gasteiger charge is 2.29. The molecule has 1 aliphatic carbocycles. The van der Waals surface area contributed by atoms with Crippen LogP contribution in [0, 0.1) is 0 Å². The molecule has 1 saturated carbocycles. The molecule has 0 aromatic carbocycles. The summed E-state index contributed by atoms with van der Waals surface area (Å²) < 4.78 is 7.55. The largest absolute Gasteiger partial charge is 0.339 e. The van der Waals surface area contributed by atoms with Crippen LogP contribution in [0.4, 0.5) is 0 Å². The zero-order chi connectivity index (χ0) is 16.4. The first-order valence-corrected chi connectivity index (χ1v) is 10.1. The van der Waals surface area contributed by atoms with Gasteiger partial charge in [0.1, 0.15) is 5.82 Å². The summed E-state index contributed by atoms with van der Waals surface area (Å²) in [7, 11) is 0. The van der Waals surface area contributed by atoms with Gasteiger partial charge in [0.15, 0.2) is 11.0 Å². The SMILES string of the molecule is CCCc1nc(CSc2nnc(Cc3cccs3)n2C2CC2)no1. The fourth-order valence-corrected chi connectivity index (χ4v) is 4.16. The molecule has 8 heteroatoms. The molecule has 3 aromatic heterocycles. The van der Waals surface area contributed by atoms with Gasteiger partial charge in [-0.2, -0.15) is 4.98 Å². The van der Waals surface area contributed by atoms with Gasteiger partial charge in [0.05, 0.1) is 5.75 Å². The summed E-state index contributed by atoms with van der Waals surface area (Å²) in [6.07, 6.45) is 5.13. The highest BCUT2D eigenvalue weighted by atomic mass is 32.2. The van der Waals surface area contributed by atoms with Gasteiger partial charge in [-0.25, -0.2) is 0 Å². The lowest BCUT2D eigenvalue weighted by molar-refractivity contribution is 0.373. The monoisotopic (exact) mass is 361 g/mol. The molecular formula is C16H19N5OS2. The van der Waals surface area contributed by atoms with Crippen molar-refractivity contribution < 1.29 is 4.52 Å². The van der Waals surface area contributed by atoms with Crippen molar-refractivity contribution in [3.63, 3.8) is 0 Å². The molecule has 3 heterocycles. The zero-order valence-corrected chi connectivity index (χ0v) is 15.1. The maximum atomic E-state index is 5.24. The van der Waals surface area contributed by atoms with E-state index < -0.39 is 0 Å². The van der Waals surface area contributed by atoms with E-state index in [9.17, 15) is 0 Å². The lowest BCUT2D eigenvalue weighted by atomic mass is 10.3. The topological polar surface area (TPSA) is 69.6 Å². The molecule has 0 saturated heterocycles. The average Bonchev–Trinajstić information content (AvgIpc) is 3.00. The fourth-order valence-electron chi connectivity index (χ4n) is 2.59. The molecular weight excluding hydrogens is 342 g/mol. The Balaban J connectivity index is 1.47. The summed E-state index contributed by atoms with van der Waals surface area (Å²) in [5.41, 5.74) is 0. The van der Waals surface area contributed by atoms with Crippen molar-refractivity contribution in [1.82, 2.24) is 24.9 Å². The summed E-state index contributed by atoms with van der Waals surface area (Å²) in [6, 6.07) is 4.79. The zero-order valence-electron chi connectivity index (χ0n) is 13.5. The number of nitrogens with zero attached hydrogens (tertiary/aromatic N) is 5. The first kappa shape index (κ1) is 15.8. The summed E-state index contributed by atoms with van der Waals surface area (Å²) >= 11 is 3.41. The van der Waals surface area contributed by atoms with Gasteiger partial charge in [0.25, 0.3) is 0 Å². The van der Waals surface area contributed by atoms with E-state index in [2.05, 4.69) is 49.3 Å². The van der Waals surface area contributed by atoms with Crippen LogP contribution >= 0.6 is 23.1 Å². The van der Waals surface area contributed by atoms with Crippen LogP contribution in [-0.4, -0.2) is 24.9 Å². The second-order valence-corrected chi connectivity index (χ2v) is 7.87. The fraction of sp³-hybridized carbons (Fsp3) is 0.500. The Labute approximate surface area is 148 Å². The number of thioether (sulfide) groups is 1. The number of aromatic nitrogens is 5. The van der Waals surface area contributed by atoms with Gasteiger partial charge >= 0.3 is 0 Å². The van der Waals surface area contributed by atoms with Crippen molar-refractivity contribution in [3.05, 3.63) is 39.9 Å². The van der Waals surface area contributed by atoms with E-state index in [1.807, 2.05) is 0 Å². The minimum absolute atomic E-state index is 0.554. The first-order valence-electron chi connectivity index (χ1n) is 8.24. The molecule has 0 unspecified atom stereocenters. The molecule has 6 nitrogen and oxygen atoms in total. The molecule has 0 N–H and O–H groups in total. The third-order valence-electron chi connectivity index (χ3n) is 3.86. The van der Waals surface area contributed by atoms with Gasteiger partial charge in [-0.05, 0) is 30.7 Å². The van der Waals surface area contributed by atoms with Crippen LogP contribution in [-0.2, 0) is 18.6 Å². The third kappa shape index (κ3) is 3.54. The van der Waals surface area contributed by atoms with E-state index in [0.29, 0.717) is 11.8 Å². The molecule has 3 aromatic rings. The van der Waals surface area contributed by atoms with Crippen molar-refractivity contribution in [1.29, 1.82) is 0 Å². The quantitative estimate of drug-likeness (QED) is 0.567. The number of aryl methyl sites for hydroxylation is 1. The van der Waals surface area contributed by atoms with Crippen molar-refractivity contribution in [2.24, 2.45) is 0 Å². The number of hydrogen-bond donors (Lipinski definition) is 0. The van der Waals surface area contributed by atoms with Crippen LogP contribution in [0.15, 0.2) is 27.2 Å². The summed E-state index contributed by atoms with van der Waals surface area (Å²) in [5.74, 6) is 3.17. The molecule has 0 amide bonds. The lowest BCUT2D eigenvalue weighted by Gasteiger charge is -2.07. The van der Waals surface area contributed by atoms with Gasteiger partial charge in [-0.15, -0.1) is 21.5 Å². The number of thiophene rings is 1. The van der Waals surface area contributed by atoms with Gasteiger partial charge in [0, 0.05) is 23.8 Å². The molecule has 0 atom stereocenters. The van der Waals surface area contributed by atoms with Crippen LogP contribution in [0.3, 0.4) is 0 Å². The molecule has 4 rings (SSSR count). The predicted molar refractivity (Wildman–Crippen MR) is 93.3 cm³/mol. The van der Waals surface area contributed by atoms with E-state index in [1.54, 1.807) is 23.1 Å². The highest BCUT2D eigenvalue weighted by molar-refractivity contribution is 7.98. The van der Waals surface area contributed by atoms with Gasteiger partial charge < -0.3 is 9.09 Å². The number of rotatable bonds is 8. The Morgan fingerprint density at radius 3 is 3.04 bits per heavy atom. The van der Waals surface area contributed by atoms with E-state index in [1.165, 1.54) is 17.7 Å². The van der Waals surface area contributed by atoms with Gasteiger partial charge in [-0.1, -0.05) is 29.9 Å². The van der Waals surface area contributed by atoms with Crippen LogP contribution in [0.1, 0.15) is 54.6 Å². The molecule has 126 valence electrons. The Morgan fingerprint density at radius 1 is 1.38 bits per heavy atom. The van der Waals surface area contributed by atoms with Gasteiger partial charge in [-0.3, -0.25) is 0 Å². The molecule has 0 radical (unpaired) electrons. The Kier molecular flexibility index (Phi) is 4.66. The van der Waals surface area contributed by atoms with Crippen molar-refractivity contribution in [3.8, 4) is 0 Å². The number of hydrogen-bond acceptors (Lipinski definition) is 7. The molecule has 0 bridgehead atoms. The molecule has 1 aliphatic rings. The normalized spacial score (nSPS) is 14.4. The van der Waals surface area contributed by atoms with E-state index in [-0.39, 0.29) is 0 Å². The summed E-state index contributed by atoms with van der Waals surface area (Å²) in [5, 5.41) is 16.0. The Morgan fingerprint density at radius 2 is 2.29 bits per heavy atom. The minimum Gasteiger partial charge on any atom is -0.339 e. The maximum absolute atomic E-state index is 5.24. The second kappa shape index (κ2) is 7.06. The third-order valence-corrected chi connectivity index (χ3v) is 5.68. The first-order chi connectivity index (χ1) is 11.8. The van der Waals surface area contributed by atoms with E-state index >= 15 is 0 Å². The minimum atomic E-state index is 0.554. The van der Waals surface area contributed by atoms with Crippen LogP contribution in [0.25, 0.3) is 0 Å². The van der Waals surface area contributed by atoms with Crippen LogP contribution < -0.4 is 0 Å². The Bertz CT molecular complexity index is 791. The smallest absolute Gasteiger partial charge is 0.226 e. The van der Waals surface area contributed by atoms with E-state index in [0.717, 1.165) is 42.0 Å². The summed E-state index contributed by atoms with van der Waals surface area (Å²) in [4.78, 5) is 5.74. The standard InChI is InChI=1S/C16H19N5OS2/c1-2-4-15-17-13(20-22-15)10-24-16-19-18-14(21(16)11-6-7-11)9-12-5-3-8-23-12/h3,5,8,11H,2,4,6-7,9-10H2,1H3. The maximum Gasteiger partial charge on any atom is 0.226 e.